The summed E-state index contributed by atoms with van der Waals surface area (Å²) in [4.78, 5) is 7.96. The second kappa shape index (κ2) is 7.45. The molecular weight excluding hydrogens is 346 g/mol. The first-order valence-electron chi connectivity index (χ1n) is 11.8. The fraction of sp³-hybridized carbons (Fsp3) is 0.263. The Bertz CT molecular complexity index is 1240. The molecule has 142 valence electrons. The van der Waals surface area contributed by atoms with E-state index in [0.29, 0.717) is 16.5 Å². The van der Waals surface area contributed by atoms with E-state index in [2.05, 4.69) is 15.3 Å². The number of ether oxygens (including phenoxy) is 3. The zero-order valence-corrected chi connectivity index (χ0v) is 14.6. The Hall–Kier alpha value is -3.42. The van der Waals surface area contributed by atoms with Crippen LogP contribution in [0.25, 0.3) is 10.9 Å². The molecule has 0 spiro atoms. The van der Waals surface area contributed by atoms with Gasteiger partial charge in [0.15, 0.2) is 11.5 Å². The number of aryl methyl sites for hydroxylation is 1. The van der Waals surface area contributed by atoms with Gasteiger partial charge in [0, 0.05) is 29.8 Å². The number of methoxy groups -OCH3 is 3. The highest BCUT2D eigenvalue weighted by molar-refractivity contribution is 5.92. The first-order chi connectivity index (χ1) is 16.1. The summed E-state index contributed by atoms with van der Waals surface area (Å²) in [6, 6.07) is 2.25. The maximum Gasteiger partial charge on any atom is 0.222 e. The summed E-state index contributed by atoms with van der Waals surface area (Å²) < 4.78 is 76.2. The molecule has 27 heavy (non-hydrogen) atoms. The van der Waals surface area contributed by atoms with Crippen molar-refractivity contribution in [1.29, 1.82) is 0 Å². The molecular formula is C19H23N5O3. The SMILES string of the molecule is [2H]c1c(CNc2cc(OC([2H])([2H])[2H])c(OC)c(OC([2H])([2H])[2H])c2)c(C)c2c(N)nc(N)nc2c1[2H]. The Labute approximate surface area is 168 Å². The second-order valence-corrected chi connectivity index (χ2v) is 5.61. The Morgan fingerprint density at radius 1 is 1.11 bits per heavy atom. The van der Waals surface area contributed by atoms with Crippen molar-refractivity contribution < 1.29 is 25.2 Å². The molecule has 0 saturated heterocycles. The molecule has 8 nitrogen and oxygen atoms in total. The highest BCUT2D eigenvalue weighted by Gasteiger charge is 2.14. The summed E-state index contributed by atoms with van der Waals surface area (Å²) in [6.45, 7) is 1.66. The maximum absolute atomic E-state index is 8.42. The van der Waals surface area contributed by atoms with Crippen LogP contribution in [0.15, 0.2) is 24.2 Å². The normalized spacial score (nSPS) is 15.9. The van der Waals surface area contributed by atoms with Gasteiger partial charge < -0.3 is 31.0 Å². The van der Waals surface area contributed by atoms with Crippen LogP contribution in [-0.4, -0.2) is 31.2 Å². The van der Waals surface area contributed by atoms with Gasteiger partial charge in [0.2, 0.25) is 11.7 Å². The average molecular weight is 377 g/mol. The summed E-state index contributed by atoms with van der Waals surface area (Å²) in [5.74, 6) is -0.845. The lowest BCUT2D eigenvalue weighted by Gasteiger charge is -2.16. The number of rotatable bonds is 6. The molecule has 2 aromatic carbocycles. The number of hydrogen-bond donors (Lipinski definition) is 3. The van der Waals surface area contributed by atoms with Crippen LogP contribution in [0.1, 0.15) is 22.1 Å². The number of nitrogens with zero attached hydrogens (tertiary/aromatic N) is 2. The van der Waals surface area contributed by atoms with Gasteiger partial charge in [0.1, 0.15) is 5.82 Å². The molecule has 5 N–H and O–H groups in total. The van der Waals surface area contributed by atoms with Crippen molar-refractivity contribution in [3.63, 3.8) is 0 Å². The van der Waals surface area contributed by atoms with Crippen LogP contribution in [0.2, 0.25) is 0 Å². The molecule has 1 aromatic heterocycles. The Kier molecular flexibility index (Phi) is 2.94. The quantitative estimate of drug-likeness (QED) is 0.600. The summed E-state index contributed by atoms with van der Waals surface area (Å²) in [6.07, 6.45) is 0. The van der Waals surface area contributed by atoms with Crippen LogP contribution in [0, 0.1) is 6.92 Å². The van der Waals surface area contributed by atoms with Gasteiger partial charge in [-0.05, 0) is 24.1 Å². The van der Waals surface area contributed by atoms with Crippen molar-refractivity contribution in [3.8, 4) is 17.2 Å². The molecule has 0 radical (unpaired) electrons. The monoisotopic (exact) mass is 377 g/mol. The number of nitrogen functional groups attached to an aromatic ring is 2. The van der Waals surface area contributed by atoms with Gasteiger partial charge in [-0.15, -0.1) is 0 Å². The molecule has 3 aromatic rings. The number of benzene rings is 2. The zero-order chi connectivity index (χ0) is 26.3. The maximum atomic E-state index is 8.42. The first-order valence-corrected chi connectivity index (χ1v) is 7.76. The smallest absolute Gasteiger partial charge is 0.222 e. The van der Waals surface area contributed by atoms with Gasteiger partial charge in [0.05, 0.1) is 37.7 Å². The van der Waals surface area contributed by atoms with Gasteiger partial charge in [-0.1, -0.05) is 6.04 Å². The molecule has 0 saturated carbocycles. The summed E-state index contributed by atoms with van der Waals surface area (Å²) in [5.41, 5.74) is 12.9. The van der Waals surface area contributed by atoms with Crippen molar-refractivity contribution in [2.45, 2.75) is 13.5 Å². The van der Waals surface area contributed by atoms with Gasteiger partial charge >= 0.3 is 0 Å². The standard InChI is InChI=1S/C19H23N5O3/c1-10-11(5-6-13-16(10)18(20)24-19(21)23-13)9-22-12-7-14(25-2)17(27-4)15(8-12)26-3/h5-8,22H,9H2,1-4H3,(H4,20,21,23,24)/i2D3,3D3,5D,6D. The number of hydrogen-bond acceptors (Lipinski definition) is 8. The first kappa shape index (κ1) is 10.7. The largest absolute Gasteiger partial charge is 0.493 e. The molecule has 0 atom stereocenters. The average Bonchev–Trinajstić information content (AvgIpc) is 2.69. The highest BCUT2D eigenvalue weighted by Crippen LogP contribution is 2.40. The van der Waals surface area contributed by atoms with Crippen LogP contribution < -0.4 is 31.0 Å². The van der Waals surface area contributed by atoms with Crippen LogP contribution in [-0.2, 0) is 6.54 Å². The predicted octanol–water partition coefficient (Wildman–Crippen LogP) is 2.74. The number of nitrogens with one attached hydrogen (secondary N) is 1. The highest BCUT2D eigenvalue weighted by atomic mass is 16.5. The Morgan fingerprint density at radius 2 is 1.81 bits per heavy atom. The van der Waals surface area contributed by atoms with Gasteiger partial charge in [0.25, 0.3) is 0 Å². The second-order valence-electron chi connectivity index (χ2n) is 5.61. The van der Waals surface area contributed by atoms with E-state index >= 15 is 0 Å². The van der Waals surface area contributed by atoms with Crippen LogP contribution in [0.4, 0.5) is 17.5 Å². The number of aromatic nitrogens is 2. The fourth-order valence-corrected chi connectivity index (χ4v) is 2.73. The molecule has 8 heteroatoms. The van der Waals surface area contributed by atoms with Crippen molar-refractivity contribution in [2.24, 2.45) is 0 Å². The number of fused-ring (bicyclic) bond motifs is 1. The minimum absolute atomic E-state index is 0.0248. The van der Waals surface area contributed by atoms with Crippen LogP contribution in [0.3, 0.4) is 0 Å². The van der Waals surface area contributed by atoms with Crippen molar-refractivity contribution in [3.05, 3.63) is 35.3 Å². The summed E-state index contributed by atoms with van der Waals surface area (Å²) in [7, 11) is -4.50. The molecule has 0 unspecified atom stereocenters. The Balaban J connectivity index is 2.07. The lowest BCUT2D eigenvalue weighted by molar-refractivity contribution is 0.324. The minimum Gasteiger partial charge on any atom is -0.493 e. The van der Waals surface area contributed by atoms with E-state index in [9.17, 15) is 0 Å². The minimum atomic E-state index is -2.86. The summed E-state index contributed by atoms with van der Waals surface area (Å²) >= 11 is 0. The third kappa shape index (κ3) is 3.46. The molecule has 0 amide bonds. The number of anilines is 3. The number of nitrogens with two attached hydrogens (primary N) is 2. The fourth-order valence-electron chi connectivity index (χ4n) is 2.73. The van der Waals surface area contributed by atoms with E-state index in [1.54, 1.807) is 6.92 Å². The molecule has 0 aliphatic heterocycles. The zero-order valence-electron chi connectivity index (χ0n) is 22.6. The van der Waals surface area contributed by atoms with E-state index in [1.807, 2.05) is 0 Å². The van der Waals surface area contributed by atoms with Gasteiger partial charge in [-0.25, -0.2) is 4.98 Å². The van der Waals surface area contributed by atoms with Crippen molar-refractivity contribution >= 4 is 28.4 Å². The molecule has 1 heterocycles. The lowest BCUT2D eigenvalue weighted by atomic mass is 10.0. The lowest BCUT2D eigenvalue weighted by Crippen LogP contribution is -2.06. The molecule has 0 aliphatic rings. The van der Waals surface area contributed by atoms with Crippen molar-refractivity contribution in [1.82, 2.24) is 9.97 Å². The van der Waals surface area contributed by atoms with Gasteiger partial charge in [-0.3, -0.25) is 0 Å². The van der Waals surface area contributed by atoms with Crippen molar-refractivity contribution in [2.75, 3.05) is 38.0 Å². The van der Waals surface area contributed by atoms with Gasteiger partial charge in [-0.2, -0.15) is 4.98 Å². The van der Waals surface area contributed by atoms with E-state index in [1.165, 1.54) is 19.2 Å². The molecule has 0 aliphatic carbocycles. The summed E-state index contributed by atoms with van der Waals surface area (Å²) in [5, 5.41) is 3.36. The molecule has 0 bridgehead atoms. The van der Waals surface area contributed by atoms with E-state index < -0.39 is 14.1 Å². The predicted molar refractivity (Wildman–Crippen MR) is 107 cm³/mol. The van der Waals surface area contributed by atoms with E-state index in [4.69, 9.17) is 36.6 Å². The van der Waals surface area contributed by atoms with E-state index in [0.717, 1.165) is 0 Å². The third-order valence-electron chi connectivity index (χ3n) is 4.03. The van der Waals surface area contributed by atoms with E-state index in [-0.39, 0.29) is 58.8 Å². The molecule has 3 rings (SSSR count). The Morgan fingerprint density at radius 3 is 2.44 bits per heavy atom. The van der Waals surface area contributed by atoms with Crippen LogP contribution in [0.5, 0.6) is 17.2 Å². The topological polar surface area (TPSA) is 118 Å². The molecule has 0 fully saturated rings. The third-order valence-corrected chi connectivity index (χ3v) is 4.03. The van der Waals surface area contributed by atoms with Crippen LogP contribution >= 0.6 is 0 Å².